The van der Waals surface area contributed by atoms with Gasteiger partial charge < -0.3 is 5.32 Å². The third-order valence-electron chi connectivity index (χ3n) is 3.16. The van der Waals surface area contributed by atoms with E-state index in [-0.39, 0.29) is 17.8 Å². The number of hydrogen-bond donors (Lipinski definition) is 1. The fourth-order valence-corrected chi connectivity index (χ4v) is 2.03. The maximum absolute atomic E-state index is 13.0. The Morgan fingerprint density at radius 2 is 2.00 bits per heavy atom. The number of carbonyl (C=O) groups is 1. The molecule has 110 valence electrons. The third-order valence-corrected chi connectivity index (χ3v) is 3.16. The van der Waals surface area contributed by atoms with E-state index in [4.69, 9.17) is 0 Å². The molecule has 0 bridgehead atoms. The number of benzene rings is 1. The maximum Gasteiger partial charge on any atom is 0.416 e. The molecule has 3 nitrogen and oxygen atoms in total. The molecule has 0 saturated carbocycles. The summed E-state index contributed by atoms with van der Waals surface area (Å²) in [4.78, 5) is 12.8. The van der Waals surface area contributed by atoms with E-state index in [1.165, 1.54) is 12.1 Å². The highest BCUT2D eigenvalue weighted by Crippen LogP contribution is 2.34. The van der Waals surface area contributed by atoms with Crippen molar-refractivity contribution in [2.75, 3.05) is 25.1 Å². The number of amides is 1. The molecular weight excluding hydrogens is 276 g/mol. The average Bonchev–Trinajstić information content (AvgIpc) is 2.33. The molecule has 1 saturated heterocycles. The van der Waals surface area contributed by atoms with Crippen LogP contribution in [0.15, 0.2) is 18.2 Å². The van der Waals surface area contributed by atoms with Crippen molar-refractivity contribution in [3.63, 3.8) is 0 Å². The number of nitrogens with one attached hydrogen (secondary N) is 1. The highest BCUT2D eigenvalue weighted by molar-refractivity contribution is 5.91. The maximum atomic E-state index is 13.0. The quantitative estimate of drug-likeness (QED) is 0.865. The van der Waals surface area contributed by atoms with Gasteiger partial charge in [0.15, 0.2) is 6.67 Å². The van der Waals surface area contributed by atoms with Crippen LogP contribution < -0.4 is 5.32 Å². The number of hydrogen-bond acceptors (Lipinski definition) is 2. The predicted molar refractivity (Wildman–Crippen MR) is 65.9 cm³/mol. The molecule has 1 aliphatic heterocycles. The van der Waals surface area contributed by atoms with Crippen LogP contribution in [-0.2, 0) is 17.5 Å². The number of rotatable bonds is 4. The predicted octanol–water partition coefficient (Wildman–Crippen LogP) is 2.82. The molecule has 0 aliphatic carbocycles. The first-order chi connectivity index (χ1) is 9.40. The van der Waals surface area contributed by atoms with Crippen LogP contribution in [0, 0.1) is 0 Å². The van der Waals surface area contributed by atoms with Crippen molar-refractivity contribution in [2.24, 2.45) is 0 Å². The number of nitrogens with zero attached hydrogens (tertiary/aromatic N) is 1. The first kappa shape index (κ1) is 14.8. The molecule has 1 aromatic carbocycles. The summed E-state index contributed by atoms with van der Waals surface area (Å²) in [6.07, 6.45) is -3.51. The minimum absolute atomic E-state index is 0.0488. The summed E-state index contributed by atoms with van der Waals surface area (Å²) >= 11 is 0. The van der Waals surface area contributed by atoms with Crippen LogP contribution in [0.2, 0.25) is 0 Å². The molecule has 1 fully saturated rings. The lowest BCUT2D eigenvalue weighted by atomic mass is 10.0. The molecular formula is C13H14F4N2O. The summed E-state index contributed by atoms with van der Waals surface area (Å²) in [5.74, 6) is -0.964. The van der Waals surface area contributed by atoms with Gasteiger partial charge in [0.2, 0.25) is 0 Å². The van der Waals surface area contributed by atoms with Crippen molar-refractivity contribution in [2.45, 2.75) is 19.1 Å². The van der Waals surface area contributed by atoms with Gasteiger partial charge >= 0.3 is 6.18 Å². The largest absolute Gasteiger partial charge is 0.416 e. The molecule has 0 atom stereocenters. The van der Waals surface area contributed by atoms with Gasteiger partial charge in [0.25, 0.3) is 5.91 Å². The lowest BCUT2D eigenvalue weighted by Gasteiger charge is -2.31. The van der Waals surface area contributed by atoms with Crippen molar-refractivity contribution >= 4 is 11.6 Å². The van der Waals surface area contributed by atoms with Crippen LogP contribution in [0.5, 0.6) is 0 Å². The average molecular weight is 290 g/mol. The Hall–Kier alpha value is -1.63. The minimum Gasteiger partial charge on any atom is -0.324 e. The Labute approximate surface area is 113 Å². The number of likely N-dealkylation sites (tertiary alicyclic amines) is 1. The lowest BCUT2D eigenvalue weighted by molar-refractivity contribution is -0.138. The van der Waals surface area contributed by atoms with Crippen LogP contribution in [0.4, 0.5) is 23.2 Å². The van der Waals surface area contributed by atoms with Gasteiger partial charge in [-0.05, 0) is 37.2 Å². The molecule has 1 aromatic rings. The second kappa shape index (κ2) is 5.78. The first-order valence-electron chi connectivity index (χ1n) is 6.18. The van der Waals surface area contributed by atoms with E-state index in [0.29, 0.717) is 0 Å². The van der Waals surface area contributed by atoms with Crippen LogP contribution >= 0.6 is 0 Å². The summed E-state index contributed by atoms with van der Waals surface area (Å²) in [5.41, 5.74) is -0.677. The van der Waals surface area contributed by atoms with Gasteiger partial charge in [-0.2, -0.15) is 13.2 Å². The Morgan fingerprint density at radius 3 is 2.50 bits per heavy atom. The fourth-order valence-electron chi connectivity index (χ4n) is 2.03. The third kappa shape index (κ3) is 3.47. The van der Waals surface area contributed by atoms with E-state index in [9.17, 15) is 22.4 Å². The van der Waals surface area contributed by atoms with Gasteiger partial charge in [-0.15, -0.1) is 0 Å². The van der Waals surface area contributed by atoms with Gasteiger partial charge in [-0.3, -0.25) is 9.69 Å². The van der Waals surface area contributed by atoms with Gasteiger partial charge in [0.1, 0.15) is 0 Å². The SMILES string of the molecule is O=C(CF)Nc1ccc(CN2CCC2)c(C(F)(F)F)c1. The van der Waals surface area contributed by atoms with Crippen molar-refractivity contribution in [1.82, 2.24) is 4.90 Å². The molecule has 1 aliphatic rings. The summed E-state index contributed by atoms with van der Waals surface area (Å²) in [6.45, 7) is 0.540. The second-order valence-electron chi connectivity index (χ2n) is 4.68. The summed E-state index contributed by atoms with van der Waals surface area (Å²) in [7, 11) is 0. The number of alkyl halides is 4. The Bertz CT molecular complexity index is 498. The van der Waals surface area contributed by atoms with Gasteiger partial charge in [0, 0.05) is 12.2 Å². The number of carbonyl (C=O) groups excluding carboxylic acids is 1. The van der Waals surface area contributed by atoms with Gasteiger partial charge in [-0.25, -0.2) is 4.39 Å². The molecule has 1 heterocycles. The van der Waals surface area contributed by atoms with E-state index in [2.05, 4.69) is 5.32 Å². The minimum atomic E-state index is -4.50. The standard InChI is InChI=1S/C13H14F4N2O/c14-7-12(20)18-10-3-2-9(8-19-4-1-5-19)11(6-10)13(15,16)17/h2-3,6H,1,4-5,7-8H2,(H,18,20). The zero-order chi connectivity index (χ0) is 14.8. The highest BCUT2D eigenvalue weighted by Gasteiger charge is 2.34. The summed E-state index contributed by atoms with van der Waals surface area (Å²) in [6, 6.07) is 3.54. The molecule has 2 rings (SSSR count). The molecule has 0 unspecified atom stereocenters. The molecule has 1 N–H and O–H groups in total. The fraction of sp³-hybridized carbons (Fsp3) is 0.462. The van der Waals surface area contributed by atoms with Gasteiger partial charge in [-0.1, -0.05) is 6.07 Å². The van der Waals surface area contributed by atoms with E-state index >= 15 is 0 Å². The first-order valence-corrected chi connectivity index (χ1v) is 6.18. The zero-order valence-electron chi connectivity index (χ0n) is 10.6. The normalized spacial score (nSPS) is 15.8. The van der Waals surface area contributed by atoms with Crippen molar-refractivity contribution in [1.29, 1.82) is 0 Å². The molecule has 1 amide bonds. The molecule has 20 heavy (non-hydrogen) atoms. The highest BCUT2D eigenvalue weighted by atomic mass is 19.4. The van der Waals surface area contributed by atoms with Crippen molar-refractivity contribution in [3.05, 3.63) is 29.3 Å². The molecule has 7 heteroatoms. The Morgan fingerprint density at radius 1 is 1.30 bits per heavy atom. The monoisotopic (exact) mass is 290 g/mol. The number of anilines is 1. The topological polar surface area (TPSA) is 32.3 Å². The number of halogens is 4. The second-order valence-corrected chi connectivity index (χ2v) is 4.68. The van der Waals surface area contributed by atoms with Crippen LogP contribution in [0.1, 0.15) is 17.5 Å². The Kier molecular flexibility index (Phi) is 4.27. The molecule has 0 radical (unpaired) electrons. The Balaban J connectivity index is 2.24. The van der Waals surface area contributed by atoms with Crippen molar-refractivity contribution in [3.8, 4) is 0 Å². The zero-order valence-corrected chi connectivity index (χ0v) is 10.6. The van der Waals surface area contributed by atoms with Crippen LogP contribution in [-0.4, -0.2) is 30.6 Å². The van der Waals surface area contributed by atoms with Crippen molar-refractivity contribution < 1.29 is 22.4 Å². The smallest absolute Gasteiger partial charge is 0.324 e. The van der Waals surface area contributed by atoms with Gasteiger partial charge in [0.05, 0.1) is 5.56 Å². The summed E-state index contributed by atoms with van der Waals surface area (Å²) in [5, 5.41) is 2.09. The van der Waals surface area contributed by atoms with Crippen LogP contribution in [0.3, 0.4) is 0 Å². The van der Waals surface area contributed by atoms with Crippen LogP contribution in [0.25, 0.3) is 0 Å². The van der Waals surface area contributed by atoms with E-state index < -0.39 is 24.3 Å². The van der Waals surface area contributed by atoms with E-state index in [1.54, 1.807) is 0 Å². The molecule has 0 aromatic heterocycles. The summed E-state index contributed by atoms with van der Waals surface area (Å²) < 4.78 is 51.1. The van der Waals surface area contributed by atoms with E-state index in [1.807, 2.05) is 4.90 Å². The molecule has 0 spiro atoms. The van der Waals surface area contributed by atoms with E-state index in [0.717, 1.165) is 25.6 Å². The lowest BCUT2D eigenvalue weighted by Crippen LogP contribution is -2.36.